The molecule has 0 aromatic heterocycles. The average Bonchev–Trinajstić information content (AvgIpc) is 3.32. The summed E-state index contributed by atoms with van der Waals surface area (Å²) in [6.45, 7) is 1.27. The molecular formula is C18H18Cl2MgO2. The van der Waals surface area contributed by atoms with E-state index >= 15 is 0 Å². The number of rotatable bonds is 7. The van der Waals surface area contributed by atoms with Gasteiger partial charge in [-0.2, -0.15) is 24.3 Å². The molecule has 3 rings (SSSR count). The van der Waals surface area contributed by atoms with Gasteiger partial charge in [-0.05, 0) is 31.4 Å². The molecule has 23 heavy (non-hydrogen) atoms. The normalized spacial score (nSPS) is 12.9. The van der Waals surface area contributed by atoms with Gasteiger partial charge in [0.25, 0.3) is 0 Å². The second-order valence-corrected chi connectivity index (χ2v) is 5.66. The molecular weight excluding hydrogens is 343 g/mol. The molecule has 0 amide bonds. The van der Waals surface area contributed by atoms with E-state index in [2.05, 4.69) is 18.2 Å². The fourth-order valence-corrected chi connectivity index (χ4v) is 2.30. The maximum Gasteiger partial charge on any atom is 2.00 e. The summed E-state index contributed by atoms with van der Waals surface area (Å²) in [5, 5.41) is 0.784. The Bertz CT molecular complexity index is 586. The van der Waals surface area contributed by atoms with Gasteiger partial charge in [-0.25, -0.2) is 0 Å². The van der Waals surface area contributed by atoms with E-state index in [-0.39, 0.29) is 35.5 Å². The third-order valence-electron chi connectivity index (χ3n) is 3.44. The summed E-state index contributed by atoms with van der Waals surface area (Å²) < 4.78 is 11.2. The Morgan fingerprint density at radius 1 is 1.09 bits per heavy atom. The van der Waals surface area contributed by atoms with Gasteiger partial charge in [0.1, 0.15) is 12.4 Å². The molecule has 0 unspecified atom stereocenters. The van der Waals surface area contributed by atoms with Crippen LogP contribution in [0.3, 0.4) is 0 Å². The first-order valence-electron chi connectivity index (χ1n) is 7.29. The van der Waals surface area contributed by atoms with Crippen molar-refractivity contribution in [1.29, 1.82) is 0 Å². The van der Waals surface area contributed by atoms with E-state index in [0.29, 0.717) is 19.3 Å². The Morgan fingerprint density at radius 3 is 2.48 bits per heavy atom. The molecule has 1 aliphatic carbocycles. The van der Waals surface area contributed by atoms with Gasteiger partial charge in [-0.15, -0.1) is 17.2 Å². The number of hydrogen-bond acceptors (Lipinski definition) is 2. The third-order valence-corrected chi connectivity index (χ3v) is 3.81. The fourth-order valence-electron chi connectivity index (χ4n) is 2.11. The predicted octanol–water partition coefficient (Wildman–Crippen LogP) is 0.912. The Hall–Kier alpha value is -0.454. The molecule has 1 saturated carbocycles. The number of hydrogen-bond donors (Lipinski definition) is 0. The van der Waals surface area contributed by atoms with Crippen LogP contribution >= 0.6 is 11.6 Å². The van der Waals surface area contributed by atoms with E-state index in [1.165, 1.54) is 18.4 Å². The number of halogens is 2. The molecule has 0 heterocycles. The van der Waals surface area contributed by atoms with E-state index in [4.69, 9.17) is 21.1 Å². The molecule has 0 aliphatic heterocycles. The average molecular weight is 362 g/mol. The Kier molecular flexibility index (Phi) is 9.33. The standard InChI is InChI=1S/C18H18ClO2.ClH.Mg/c19-18-4-2-1-3-15(18)13-14-5-7-16(8-6-14)20-11-12-21-17-9-10-17;;/h2-8,17H,9-13H2;1H;/q-1;;+2/p-1. The molecule has 1 aliphatic rings. The molecule has 2 nitrogen and oxygen atoms in total. The monoisotopic (exact) mass is 360 g/mol. The van der Waals surface area contributed by atoms with Crippen LogP contribution in [0.2, 0.25) is 5.02 Å². The van der Waals surface area contributed by atoms with Crippen molar-refractivity contribution in [2.45, 2.75) is 25.4 Å². The maximum atomic E-state index is 6.16. The van der Waals surface area contributed by atoms with Crippen molar-refractivity contribution >= 4 is 34.7 Å². The van der Waals surface area contributed by atoms with Crippen LogP contribution in [0.5, 0.6) is 5.75 Å². The molecule has 0 saturated heterocycles. The zero-order valence-corrected chi connectivity index (χ0v) is 15.9. The summed E-state index contributed by atoms with van der Waals surface area (Å²) in [5.74, 6) is 0.879. The number of benzene rings is 2. The SMILES string of the molecule is Clc1cc[c-]cc1Cc1ccc(OCCOC2CC2)cc1.[Cl-].[Mg+2]. The summed E-state index contributed by atoms with van der Waals surface area (Å²) in [6.07, 6.45) is 3.70. The van der Waals surface area contributed by atoms with Crippen molar-refractivity contribution in [2.24, 2.45) is 0 Å². The van der Waals surface area contributed by atoms with Crippen molar-refractivity contribution in [3.63, 3.8) is 0 Å². The van der Waals surface area contributed by atoms with Crippen LogP contribution in [0.15, 0.2) is 42.5 Å². The third kappa shape index (κ3) is 6.90. The fraction of sp³-hybridized carbons (Fsp3) is 0.333. The van der Waals surface area contributed by atoms with Crippen molar-refractivity contribution in [1.82, 2.24) is 0 Å². The van der Waals surface area contributed by atoms with Gasteiger partial charge in [0.05, 0.1) is 12.7 Å². The van der Waals surface area contributed by atoms with Gasteiger partial charge in [0, 0.05) is 0 Å². The topological polar surface area (TPSA) is 18.5 Å². The van der Waals surface area contributed by atoms with Crippen LogP contribution in [-0.2, 0) is 11.2 Å². The Balaban J connectivity index is 0.00000132. The zero-order valence-electron chi connectivity index (χ0n) is 12.9. The quantitative estimate of drug-likeness (QED) is 0.415. The van der Waals surface area contributed by atoms with Crippen molar-refractivity contribution < 1.29 is 21.9 Å². The Labute approximate surface area is 165 Å². The van der Waals surface area contributed by atoms with E-state index in [0.717, 1.165) is 22.8 Å². The molecule has 2 aromatic carbocycles. The minimum absolute atomic E-state index is 0. The zero-order chi connectivity index (χ0) is 14.5. The van der Waals surface area contributed by atoms with Gasteiger partial charge in [-0.3, -0.25) is 0 Å². The minimum atomic E-state index is 0. The molecule has 0 radical (unpaired) electrons. The van der Waals surface area contributed by atoms with Crippen molar-refractivity contribution in [3.8, 4) is 5.75 Å². The molecule has 0 bridgehead atoms. The smallest absolute Gasteiger partial charge is 1.00 e. The first-order valence-corrected chi connectivity index (χ1v) is 7.67. The van der Waals surface area contributed by atoms with E-state index < -0.39 is 0 Å². The van der Waals surface area contributed by atoms with E-state index in [1.54, 1.807) is 0 Å². The molecule has 0 N–H and O–H groups in total. The van der Waals surface area contributed by atoms with Crippen LogP contribution < -0.4 is 17.1 Å². The van der Waals surface area contributed by atoms with Gasteiger partial charge in [0.2, 0.25) is 0 Å². The van der Waals surface area contributed by atoms with E-state index in [1.807, 2.05) is 30.3 Å². The second kappa shape index (κ2) is 10.4. The second-order valence-electron chi connectivity index (χ2n) is 5.26. The summed E-state index contributed by atoms with van der Waals surface area (Å²) in [7, 11) is 0. The van der Waals surface area contributed by atoms with Crippen LogP contribution in [0.1, 0.15) is 24.0 Å². The predicted molar refractivity (Wildman–Crippen MR) is 89.8 cm³/mol. The van der Waals surface area contributed by atoms with Crippen molar-refractivity contribution in [2.75, 3.05) is 13.2 Å². The molecule has 5 heteroatoms. The number of ether oxygens (including phenoxy) is 2. The van der Waals surface area contributed by atoms with Gasteiger partial charge < -0.3 is 21.9 Å². The summed E-state index contributed by atoms with van der Waals surface area (Å²) in [5.41, 5.74) is 2.30. The molecule has 2 aromatic rings. The van der Waals surface area contributed by atoms with Crippen LogP contribution in [0.25, 0.3) is 0 Å². The largest absolute Gasteiger partial charge is 2.00 e. The van der Waals surface area contributed by atoms with Crippen molar-refractivity contribution in [3.05, 3.63) is 64.7 Å². The van der Waals surface area contributed by atoms with Crippen LogP contribution in [0.4, 0.5) is 0 Å². The molecule has 0 spiro atoms. The summed E-state index contributed by atoms with van der Waals surface area (Å²) in [6, 6.07) is 16.8. The summed E-state index contributed by atoms with van der Waals surface area (Å²) >= 11 is 6.16. The van der Waals surface area contributed by atoms with Crippen LogP contribution in [-0.4, -0.2) is 42.4 Å². The van der Waals surface area contributed by atoms with E-state index in [9.17, 15) is 0 Å². The molecule has 118 valence electrons. The molecule has 1 fully saturated rings. The van der Waals surface area contributed by atoms with Gasteiger partial charge >= 0.3 is 23.1 Å². The first kappa shape index (κ1) is 20.6. The Morgan fingerprint density at radius 2 is 1.83 bits per heavy atom. The first-order chi connectivity index (χ1) is 10.3. The van der Waals surface area contributed by atoms with Crippen LogP contribution in [0, 0.1) is 6.07 Å². The van der Waals surface area contributed by atoms with Gasteiger partial charge in [-0.1, -0.05) is 22.7 Å². The molecule has 0 atom stereocenters. The summed E-state index contributed by atoms with van der Waals surface area (Å²) in [4.78, 5) is 0. The minimum Gasteiger partial charge on any atom is -1.00 e. The van der Waals surface area contributed by atoms with Gasteiger partial charge in [0.15, 0.2) is 0 Å². The maximum absolute atomic E-state index is 6.16.